The van der Waals surface area contributed by atoms with Crippen LogP contribution in [0.25, 0.3) is 0 Å². The van der Waals surface area contributed by atoms with Crippen LogP contribution in [0.4, 0.5) is 0 Å². The number of rotatable bonds is 6. The number of hydrogen-bond donors (Lipinski definition) is 1. The Morgan fingerprint density at radius 1 is 1.40 bits per heavy atom. The Hall–Kier alpha value is -0.990. The summed E-state index contributed by atoms with van der Waals surface area (Å²) >= 11 is 0. The highest BCUT2D eigenvalue weighted by molar-refractivity contribution is 5.85. The molecule has 3 heteroatoms. The van der Waals surface area contributed by atoms with E-state index in [1.165, 1.54) is 5.56 Å². The van der Waals surface area contributed by atoms with Gasteiger partial charge in [0.05, 0.1) is 0 Å². The molecule has 0 spiro atoms. The highest BCUT2D eigenvalue weighted by Gasteiger charge is 2.00. The van der Waals surface area contributed by atoms with Crippen molar-refractivity contribution in [3.8, 4) is 5.75 Å². The fourth-order valence-electron chi connectivity index (χ4n) is 1.20. The maximum absolute atomic E-state index is 5.53. The SMILES string of the molecule is C=CCOc1ccccc1CNCC.Cl. The number of para-hydroxylation sites is 1. The van der Waals surface area contributed by atoms with E-state index in [0.717, 1.165) is 18.8 Å². The third-order valence-electron chi connectivity index (χ3n) is 1.89. The average Bonchev–Trinajstić information content (AvgIpc) is 2.24. The molecule has 0 radical (unpaired) electrons. The van der Waals surface area contributed by atoms with E-state index in [0.29, 0.717) is 6.61 Å². The predicted molar refractivity (Wildman–Crippen MR) is 66.8 cm³/mol. The van der Waals surface area contributed by atoms with Crippen molar-refractivity contribution in [2.24, 2.45) is 0 Å². The van der Waals surface area contributed by atoms with Crippen molar-refractivity contribution in [3.05, 3.63) is 42.5 Å². The standard InChI is InChI=1S/C12H17NO.ClH/c1-3-9-14-12-8-6-5-7-11(12)10-13-4-2;/h3,5-8,13H,1,4,9-10H2,2H3;1H. The van der Waals surface area contributed by atoms with Crippen molar-refractivity contribution in [2.75, 3.05) is 13.2 Å². The molecule has 0 aliphatic rings. The molecule has 1 N–H and O–H groups in total. The van der Waals surface area contributed by atoms with Gasteiger partial charge in [-0.05, 0) is 12.6 Å². The molecule has 0 saturated heterocycles. The fraction of sp³-hybridized carbons (Fsp3) is 0.333. The summed E-state index contributed by atoms with van der Waals surface area (Å²) in [5.41, 5.74) is 1.19. The largest absolute Gasteiger partial charge is 0.489 e. The number of halogens is 1. The highest BCUT2D eigenvalue weighted by atomic mass is 35.5. The zero-order valence-corrected chi connectivity index (χ0v) is 9.85. The first-order valence-electron chi connectivity index (χ1n) is 4.90. The van der Waals surface area contributed by atoms with Crippen LogP contribution in [0.3, 0.4) is 0 Å². The molecule has 0 fully saturated rings. The van der Waals surface area contributed by atoms with Gasteiger partial charge in [-0.2, -0.15) is 0 Å². The quantitative estimate of drug-likeness (QED) is 0.755. The fourth-order valence-corrected chi connectivity index (χ4v) is 1.20. The van der Waals surface area contributed by atoms with Crippen LogP contribution in [-0.2, 0) is 6.54 Å². The smallest absolute Gasteiger partial charge is 0.124 e. The van der Waals surface area contributed by atoms with E-state index >= 15 is 0 Å². The average molecular weight is 228 g/mol. The van der Waals surface area contributed by atoms with E-state index in [-0.39, 0.29) is 12.4 Å². The van der Waals surface area contributed by atoms with Gasteiger partial charge in [0.2, 0.25) is 0 Å². The lowest BCUT2D eigenvalue weighted by Gasteiger charge is -2.09. The molecule has 0 aromatic heterocycles. The van der Waals surface area contributed by atoms with Crippen LogP contribution in [0, 0.1) is 0 Å². The zero-order valence-electron chi connectivity index (χ0n) is 9.03. The molecule has 2 nitrogen and oxygen atoms in total. The summed E-state index contributed by atoms with van der Waals surface area (Å²) < 4.78 is 5.53. The molecule has 15 heavy (non-hydrogen) atoms. The van der Waals surface area contributed by atoms with Gasteiger partial charge >= 0.3 is 0 Å². The van der Waals surface area contributed by atoms with Gasteiger partial charge in [-0.15, -0.1) is 12.4 Å². The molecule has 0 bridgehead atoms. The molecule has 0 aliphatic carbocycles. The van der Waals surface area contributed by atoms with E-state index in [1.807, 2.05) is 18.2 Å². The monoisotopic (exact) mass is 227 g/mol. The van der Waals surface area contributed by atoms with Crippen LogP contribution in [0.15, 0.2) is 36.9 Å². The van der Waals surface area contributed by atoms with Crippen molar-refractivity contribution in [1.82, 2.24) is 5.32 Å². The number of nitrogens with one attached hydrogen (secondary N) is 1. The maximum atomic E-state index is 5.53. The molecule has 1 aromatic rings. The lowest BCUT2D eigenvalue weighted by molar-refractivity contribution is 0.358. The molecule has 0 atom stereocenters. The maximum Gasteiger partial charge on any atom is 0.124 e. The topological polar surface area (TPSA) is 21.3 Å². The van der Waals surface area contributed by atoms with Gasteiger partial charge < -0.3 is 10.1 Å². The Kier molecular flexibility index (Phi) is 7.78. The van der Waals surface area contributed by atoms with Crippen molar-refractivity contribution in [3.63, 3.8) is 0 Å². The molecular formula is C12H18ClNO. The van der Waals surface area contributed by atoms with Crippen LogP contribution in [-0.4, -0.2) is 13.2 Å². The van der Waals surface area contributed by atoms with Crippen LogP contribution in [0.2, 0.25) is 0 Å². The summed E-state index contributed by atoms with van der Waals surface area (Å²) in [6.45, 7) is 8.10. The van der Waals surface area contributed by atoms with Crippen LogP contribution < -0.4 is 10.1 Å². The predicted octanol–water partition coefficient (Wildman–Crippen LogP) is 2.78. The van der Waals surface area contributed by atoms with E-state index < -0.39 is 0 Å². The second kappa shape index (κ2) is 8.33. The number of benzene rings is 1. The molecule has 0 aliphatic heterocycles. The molecule has 0 heterocycles. The number of ether oxygens (including phenoxy) is 1. The Morgan fingerprint density at radius 2 is 2.13 bits per heavy atom. The zero-order chi connectivity index (χ0) is 10.2. The van der Waals surface area contributed by atoms with Gasteiger partial charge in [-0.1, -0.05) is 37.8 Å². The van der Waals surface area contributed by atoms with Crippen molar-refractivity contribution in [2.45, 2.75) is 13.5 Å². The Labute approximate surface area is 97.7 Å². The lowest BCUT2D eigenvalue weighted by atomic mass is 10.2. The van der Waals surface area contributed by atoms with Gasteiger partial charge in [0.25, 0.3) is 0 Å². The van der Waals surface area contributed by atoms with Gasteiger partial charge in [0.15, 0.2) is 0 Å². The first kappa shape index (κ1) is 14.0. The van der Waals surface area contributed by atoms with Gasteiger partial charge in [-0.25, -0.2) is 0 Å². The lowest BCUT2D eigenvalue weighted by Crippen LogP contribution is -2.12. The third kappa shape index (κ3) is 4.86. The van der Waals surface area contributed by atoms with Crippen LogP contribution in [0.5, 0.6) is 5.75 Å². The molecule has 0 unspecified atom stereocenters. The number of hydrogen-bond acceptors (Lipinski definition) is 2. The van der Waals surface area contributed by atoms with Crippen molar-refractivity contribution in [1.29, 1.82) is 0 Å². The second-order valence-electron chi connectivity index (χ2n) is 2.99. The third-order valence-corrected chi connectivity index (χ3v) is 1.89. The molecule has 1 aromatic carbocycles. The molecule has 0 amide bonds. The summed E-state index contributed by atoms with van der Waals surface area (Å²) in [7, 11) is 0. The minimum atomic E-state index is 0. The molecular weight excluding hydrogens is 210 g/mol. The van der Waals surface area contributed by atoms with Gasteiger partial charge in [0, 0.05) is 12.1 Å². The summed E-state index contributed by atoms with van der Waals surface area (Å²) in [6.07, 6.45) is 1.75. The van der Waals surface area contributed by atoms with Crippen molar-refractivity contribution < 1.29 is 4.74 Å². The summed E-state index contributed by atoms with van der Waals surface area (Å²) in [5.74, 6) is 0.938. The highest BCUT2D eigenvalue weighted by Crippen LogP contribution is 2.17. The minimum absolute atomic E-state index is 0. The molecule has 0 saturated carbocycles. The van der Waals surface area contributed by atoms with E-state index in [9.17, 15) is 0 Å². The first-order valence-corrected chi connectivity index (χ1v) is 4.90. The van der Waals surface area contributed by atoms with Gasteiger partial charge in [-0.3, -0.25) is 0 Å². The summed E-state index contributed by atoms with van der Waals surface area (Å²) in [5, 5.41) is 3.28. The second-order valence-corrected chi connectivity index (χ2v) is 2.99. The summed E-state index contributed by atoms with van der Waals surface area (Å²) in [4.78, 5) is 0. The van der Waals surface area contributed by atoms with E-state index in [1.54, 1.807) is 6.08 Å². The van der Waals surface area contributed by atoms with Gasteiger partial charge in [0.1, 0.15) is 12.4 Å². The Balaban J connectivity index is 0.00000196. The Morgan fingerprint density at radius 3 is 2.80 bits per heavy atom. The Bertz CT molecular complexity index is 289. The van der Waals surface area contributed by atoms with Crippen LogP contribution in [0.1, 0.15) is 12.5 Å². The molecule has 1 rings (SSSR count). The van der Waals surface area contributed by atoms with Crippen molar-refractivity contribution >= 4 is 12.4 Å². The van der Waals surface area contributed by atoms with Crippen LogP contribution >= 0.6 is 12.4 Å². The minimum Gasteiger partial charge on any atom is -0.489 e. The van der Waals surface area contributed by atoms with E-state index in [2.05, 4.69) is 24.9 Å². The summed E-state index contributed by atoms with van der Waals surface area (Å²) in [6, 6.07) is 8.05. The normalized spacial score (nSPS) is 9.13. The first-order chi connectivity index (χ1) is 6.88. The molecule has 84 valence electrons. The van der Waals surface area contributed by atoms with E-state index in [4.69, 9.17) is 4.74 Å².